The standard InChI is InChI=1S/C19H29BrN4O/c1-13(2)18(25)24-9-7-17(8-10-24)23-19(21-4)22-12-15-5-6-16(20)11-14(15)3/h5-6,11,13,17H,7-10,12H2,1-4H3,(H2,21,22,23). The van der Waals surface area contributed by atoms with Gasteiger partial charge in [0.2, 0.25) is 5.91 Å². The monoisotopic (exact) mass is 408 g/mol. The molecule has 1 aliphatic rings. The largest absolute Gasteiger partial charge is 0.354 e. The molecule has 1 amide bonds. The lowest BCUT2D eigenvalue weighted by atomic mass is 10.0. The highest BCUT2D eigenvalue weighted by molar-refractivity contribution is 9.10. The quantitative estimate of drug-likeness (QED) is 0.594. The smallest absolute Gasteiger partial charge is 0.225 e. The van der Waals surface area contributed by atoms with E-state index in [9.17, 15) is 4.79 Å². The van der Waals surface area contributed by atoms with Gasteiger partial charge in [0.25, 0.3) is 0 Å². The number of nitrogens with one attached hydrogen (secondary N) is 2. The first-order chi connectivity index (χ1) is 11.9. The van der Waals surface area contributed by atoms with Gasteiger partial charge in [-0.25, -0.2) is 0 Å². The highest BCUT2D eigenvalue weighted by Gasteiger charge is 2.24. The number of rotatable bonds is 4. The first-order valence-corrected chi connectivity index (χ1v) is 9.71. The van der Waals surface area contributed by atoms with Crippen molar-refractivity contribution in [2.75, 3.05) is 20.1 Å². The molecule has 0 aromatic heterocycles. The molecule has 1 saturated heterocycles. The third kappa shape index (κ3) is 5.73. The molecule has 1 heterocycles. The molecule has 2 N–H and O–H groups in total. The highest BCUT2D eigenvalue weighted by atomic mass is 79.9. The molecule has 0 spiro atoms. The Labute approximate surface area is 159 Å². The summed E-state index contributed by atoms with van der Waals surface area (Å²) in [4.78, 5) is 18.4. The summed E-state index contributed by atoms with van der Waals surface area (Å²) in [7, 11) is 1.79. The summed E-state index contributed by atoms with van der Waals surface area (Å²) < 4.78 is 1.10. The summed E-state index contributed by atoms with van der Waals surface area (Å²) >= 11 is 3.50. The molecule has 0 aliphatic carbocycles. The Kier molecular flexibility index (Phi) is 7.29. The van der Waals surface area contributed by atoms with Gasteiger partial charge in [0, 0.05) is 43.1 Å². The van der Waals surface area contributed by atoms with Crippen molar-refractivity contribution in [3.05, 3.63) is 33.8 Å². The lowest BCUT2D eigenvalue weighted by Gasteiger charge is -2.34. The molecule has 0 unspecified atom stereocenters. The van der Waals surface area contributed by atoms with E-state index in [4.69, 9.17) is 0 Å². The number of likely N-dealkylation sites (tertiary alicyclic amines) is 1. The molecule has 2 rings (SSSR count). The van der Waals surface area contributed by atoms with Crippen molar-refractivity contribution in [2.24, 2.45) is 10.9 Å². The van der Waals surface area contributed by atoms with E-state index in [0.717, 1.165) is 42.9 Å². The molecule has 0 atom stereocenters. The third-order valence-corrected chi connectivity index (χ3v) is 5.11. The summed E-state index contributed by atoms with van der Waals surface area (Å²) in [5.74, 6) is 1.15. The minimum Gasteiger partial charge on any atom is -0.354 e. The van der Waals surface area contributed by atoms with Crippen LogP contribution in [0.1, 0.15) is 37.8 Å². The Bertz CT molecular complexity index is 622. The summed E-state index contributed by atoms with van der Waals surface area (Å²) in [6.45, 7) is 8.41. The topological polar surface area (TPSA) is 56.7 Å². The number of carbonyl (C=O) groups excluding carboxylic acids is 1. The van der Waals surface area contributed by atoms with Gasteiger partial charge >= 0.3 is 0 Å². The number of carbonyl (C=O) groups is 1. The Hall–Kier alpha value is -1.56. The second-order valence-corrected chi connectivity index (χ2v) is 7.81. The van der Waals surface area contributed by atoms with Crippen LogP contribution in [0.5, 0.6) is 0 Å². The van der Waals surface area contributed by atoms with Crippen molar-refractivity contribution in [1.82, 2.24) is 15.5 Å². The van der Waals surface area contributed by atoms with Gasteiger partial charge in [-0.3, -0.25) is 9.79 Å². The molecule has 25 heavy (non-hydrogen) atoms. The number of guanidine groups is 1. The average molecular weight is 409 g/mol. The van der Waals surface area contributed by atoms with E-state index in [0.29, 0.717) is 6.04 Å². The Morgan fingerprint density at radius 2 is 2.04 bits per heavy atom. The number of amides is 1. The second-order valence-electron chi connectivity index (χ2n) is 6.90. The molecule has 1 aliphatic heterocycles. The van der Waals surface area contributed by atoms with E-state index in [2.05, 4.69) is 56.7 Å². The first-order valence-electron chi connectivity index (χ1n) is 8.91. The van der Waals surface area contributed by atoms with Crippen molar-refractivity contribution in [2.45, 2.75) is 46.2 Å². The van der Waals surface area contributed by atoms with Gasteiger partial charge in [-0.15, -0.1) is 0 Å². The second kappa shape index (κ2) is 9.22. The molecular weight excluding hydrogens is 380 g/mol. The number of hydrogen-bond acceptors (Lipinski definition) is 2. The van der Waals surface area contributed by atoms with Gasteiger partial charge in [0.05, 0.1) is 0 Å². The number of nitrogens with zero attached hydrogens (tertiary/aromatic N) is 2. The van der Waals surface area contributed by atoms with Gasteiger partial charge in [0.1, 0.15) is 0 Å². The van der Waals surface area contributed by atoms with E-state index in [1.54, 1.807) is 7.05 Å². The van der Waals surface area contributed by atoms with Crippen LogP contribution in [-0.4, -0.2) is 42.9 Å². The van der Waals surface area contributed by atoms with Crippen molar-refractivity contribution in [3.63, 3.8) is 0 Å². The predicted octanol–water partition coefficient (Wildman–Crippen LogP) is 3.07. The van der Waals surface area contributed by atoms with E-state index < -0.39 is 0 Å². The SMILES string of the molecule is CN=C(NCc1ccc(Br)cc1C)NC1CCN(C(=O)C(C)C)CC1. The summed E-state index contributed by atoms with van der Waals surface area (Å²) in [5, 5.41) is 6.88. The normalized spacial score (nSPS) is 16.2. The van der Waals surface area contributed by atoms with Crippen LogP contribution in [0, 0.1) is 12.8 Å². The number of piperidine rings is 1. The number of benzene rings is 1. The lowest BCUT2D eigenvalue weighted by molar-refractivity contribution is -0.135. The maximum absolute atomic E-state index is 12.1. The van der Waals surface area contributed by atoms with Gasteiger partial charge in [0.15, 0.2) is 5.96 Å². The fraction of sp³-hybridized carbons (Fsp3) is 0.579. The van der Waals surface area contributed by atoms with Crippen LogP contribution in [0.2, 0.25) is 0 Å². The number of aryl methyl sites for hydroxylation is 1. The van der Waals surface area contributed by atoms with E-state index in [-0.39, 0.29) is 11.8 Å². The maximum Gasteiger partial charge on any atom is 0.225 e. The maximum atomic E-state index is 12.1. The van der Waals surface area contributed by atoms with Crippen molar-refractivity contribution in [1.29, 1.82) is 0 Å². The van der Waals surface area contributed by atoms with Crippen molar-refractivity contribution < 1.29 is 4.79 Å². The van der Waals surface area contributed by atoms with Gasteiger partial charge < -0.3 is 15.5 Å². The van der Waals surface area contributed by atoms with Crippen LogP contribution >= 0.6 is 15.9 Å². The van der Waals surface area contributed by atoms with Crippen molar-refractivity contribution >= 4 is 27.8 Å². The zero-order valence-corrected chi connectivity index (χ0v) is 17.2. The lowest BCUT2D eigenvalue weighted by Crippen LogP contribution is -2.50. The van der Waals surface area contributed by atoms with Crippen LogP contribution in [0.3, 0.4) is 0 Å². The molecule has 0 bridgehead atoms. The molecule has 1 aromatic rings. The Morgan fingerprint density at radius 3 is 2.60 bits per heavy atom. The molecule has 0 saturated carbocycles. The highest BCUT2D eigenvalue weighted by Crippen LogP contribution is 2.16. The van der Waals surface area contributed by atoms with Crippen LogP contribution in [0.15, 0.2) is 27.7 Å². The minimum absolute atomic E-state index is 0.0769. The average Bonchev–Trinajstić information content (AvgIpc) is 2.59. The minimum atomic E-state index is 0.0769. The summed E-state index contributed by atoms with van der Waals surface area (Å²) in [5.41, 5.74) is 2.50. The van der Waals surface area contributed by atoms with E-state index in [1.807, 2.05) is 18.7 Å². The van der Waals surface area contributed by atoms with Crippen LogP contribution < -0.4 is 10.6 Å². The van der Waals surface area contributed by atoms with Gasteiger partial charge in [-0.1, -0.05) is 35.8 Å². The van der Waals surface area contributed by atoms with E-state index in [1.165, 1.54) is 11.1 Å². The molecule has 1 aromatic carbocycles. The van der Waals surface area contributed by atoms with Gasteiger partial charge in [-0.2, -0.15) is 0 Å². The van der Waals surface area contributed by atoms with Crippen molar-refractivity contribution in [3.8, 4) is 0 Å². The van der Waals surface area contributed by atoms with Crippen LogP contribution in [0.25, 0.3) is 0 Å². The number of halogens is 1. The molecule has 1 fully saturated rings. The zero-order chi connectivity index (χ0) is 18.4. The van der Waals surface area contributed by atoms with E-state index >= 15 is 0 Å². The fourth-order valence-corrected chi connectivity index (χ4v) is 3.51. The first kappa shape index (κ1) is 19.8. The molecular formula is C19H29BrN4O. The Balaban J connectivity index is 1.82. The molecule has 0 radical (unpaired) electrons. The Morgan fingerprint density at radius 1 is 1.36 bits per heavy atom. The number of hydrogen-bond donors (Lipinski definition) is 2. The predicted molar refractivity (Wildman–Crippen MR) is 107 cm³/mol. The fourth-order valence-electron chi connectivity index (χ4n) is 3.03. The van der Waals surface area contributed by atoms with Crippen LogP contribution in [-0.2, 0) is 11.3 Å². The zero-order valence-electron chi connectivity index (χ0n) is 15.6. The third-order valence-electron chi connectivity index (χ3n) is 4.62. The van der Waals surface area contributed by atoms with Crippen LogP contribution in [0.4, 0.5) is 0 Å². The molecule has 5 nitrogen and oxygen atoms in total. The number of aliphatic imine (C=N–C) groups is 1. The molecule has 6 heteroatoms. The summed E-state index contributed by atoms with van der Waals surface area (Å²) in [6, 6.07) is 6.65. The molecule has 138 valence electrons. The summed E-state index contributed by atoms with van der Waals surface area (Å²) in [6.07, 6.45) is 1.91. The van der Waals surface area contributed by atoms with Gasteiger partial charge in [-0.05, 0) is 43.0 Å².